The molecular formula is C10H20N2. The van der Waals surface area contributed by atoms with Crippen LogP contribution in [-0.4, -0.2) is 36.1 Å². The molecule has 0 amide bonds. The van der Waals surface area contributed by atoms with E-state index in [9.17, 15) is 0 Å². The smallest absolute Gasteiger partial charge is 0.0321 e. The lowest BCUT2D eigenvalue weighted by Gasteiger charge is -2.26. The van der Waals surface area contributed by atoms with Gasteiger partial charge in [0.15, 0.2) is 0 Å². The van der Waals surface area contributed by atoms with Crippen molar-refractivity contribution in [3.05, 3.63) is 0 Å². The van der Waals surface area contributed by atoms with Gasteiger partial charge in [0, 0.05) is 24.7 Å². The van der Waals surface area contributed by atoms with E-state index in [1.54, 1.807) is 0 Å². The summed E-state index contributed by atoms with van der Waals surface area (Å²) >= 11 is 0. The third-order valence-corrected chi connectivity index (χ3v) is 3.45. The Morgan fingerprint density at radius 1 is 1.33 bits per heavy atom. The largest absolute Gasteiger partial charge is 0.310 e. The first-order valence-electron chi connectivity index (χ1n) is 5.21. The zero-order valence-corrected chi connectivity index (χ0v) is 8.27. The maximum Gasteiger partial charge on any atom is 0.0321 e. The van der Waals surface area contributed by atoms with Crippen LogP contribution in [0.4, 0.5) is 0 Å². The van der Waals surface area contributed by atoms with Crippen LogP contribution < -0.4 is 5.32 Å². The van der Waals surface area contributed by atoms with Crippen LogP contribution in [-0.2, 0) is 0 Å². The molecule has 2 nitrogen and oxygen atoms in total. The van der Waals surface area contributed by atoms with E-state index in [1.165, 1.54) is 38.9 Å². The van der Waals surface area contributed by atoms with Gasteiger partial charge in [-0.15, -0.1) is 0 Å². The molecule has 0 aromatic heterocycles. The number of hydrogen-bond acceptors (Lipinski definition) is 2. The van der Waals surface area contributed by atoms with E-state index in [4.69, 9.17) is 0 Å². The number of likely N-dealkylation sites (tertiary alicyclic amines) is 1. The fourth-order valence-corrected chi connectivity index (χ4v) is 2.56. The highest BCUT2D eigenvalue weighted by molar-refractivity contribution is 5.01. The predicted molar refractivity (Wildman–Crippen MR) is 51.3 cm³/mol. The average Bonchev–Trinajstić information content (AvgIpc) is 2.62. The predicted octanol–water partition coefficient (Wildman–Crippen LogP) is 1.22. The van der Waals surface area contributed by atoms with Crippen molar-refractivity contribution in [1.82, 2.24) is 10.2 Å². The molecule has 2 saturated heterocycles. The Morgan fingerprint density at radius 2 is 2.17 bits per heavy atom. The quantitative estimate of drug-likeness (QED) is 0.633. The van der Waals surface area contributed by atoms with Crippen molar-refractivity contribution in [2.45, 2.75) is 44.7 Å². The molecule has 0 aromatic carbocycles. The molecule has 0 aliphatic carbocycles. The number of nitrogens with zero attached hydrogens (tertiary/aromatic N) is 1. The zero-order valence-electron chi connectivity index (χ0n) is 8.27. The fraction of sp³-hybridized carbons (Fsp3) is 1.00. The van der Waals surface area contributed by atoms with Gasteiger partial charge in [0.2, 0.25) is 0 Å². The molecule has 2 fully saturated rings. The molecule has 2 aliphatic heterocycles. The summed E-state index contributed by atoms with van der Waals surface area (Å²) in [5, 5.41) is 3.68. The SMILES string of the molecule is CC(C)N1CC[C@]2(CCCN2)C1. The van der Waals surface area contributed by atoms with Gasteiger partial charge < -0.3 is 5.32 Å². The minimum atomic E-state index is 0.518. The first-order chi connectivity index (χ1) is 5.72. The highest BCUT2D eigenvalue weighted by atomic mass is 15.2. The number of nitrogens with one attached hydrogen (secondary N) is 1. The van der Waals surface area contributed by atoms with Crippen molar-refractivity contribution >= 4 is 0 Å². The molecule has 70 valence electrons. The highest BCUT2D eigenvalue weighted by Gasteiger charge is 2.40. The minimum absolute atomic E-state index is 0.518. The van der Waals surface area contributed by atoms with Gasteiger partial charge in [-0.2, -0.15) is 0 Å². The Hall–Kier alpha value is -0.0800. The first kappa shape index (κ1) is 8.52. The molecule has 0 saturated carbocycles. The summed E-state index contributed by atoms with van der Waals surface area (Å²) in [7, 11) is 0. The molecule has 2 heterocycles. The maximum atomic E-state index is 3.68. The van der Waals surface area contributed by atoms with Gasteiger partial charge >= 0.3 is 0 Å². The molecule has 1 spiro atoms. The van der Waals surface area contributed by atoms with Gasteiger partial charge in [-0.3, -0.25) is 4.90 Å². The van der Waals surface area contributed by atoms with Crippen molar-refractivity contribution in [2.75, 3.05) is 19.6 Å². The molecule has 1 atom stereocenters. The van der Waals surface area contributed by atoms with Crippen molar-refractivity contribution < 1.29 is 0 Å². The first-order valence-corrected chi connectivity index (χ1v) is 5.21. The van der Waals surface area contributed by atoms with Crippen LogP contribution in [0.1, 0.15) is 33.1 Å². The summed E-state index contributed by atoms with van der Waals surface area (Å²) in [6, 6.07) is 0.728. The van der Waals surface area contributed by atoms with Crippen LogP contribution in [0.25, 0.3) is 0 Å². The lowest BCUT2D eigenvalue weighted by atomic mass is 9.97. The molecule has 0 radical (unpaired) electrons. The van der Waals surface area contributed by atoms with Crippen LogP contribution in [0, 0.1) is 0 Å². The highest BCUT2D eigenvalue weighted by Crippen LogP contribution is 2.30. The van der Waals surface area contributed by atoms with Crippen molar-refractivity contribution in [3.63, 3.8) is 0 Å². The fourth-order valence-electron chi connectivity index (χ4n) is 2.56. The van der Waals surface area contributed by atoms with E-state index in [1.807, 2.05) is 0 Å². The van der Waals surface area contributed by atoms with Crippen molar-refractivity contribution in [3.8, 4) is 0 Å². The van der Waals surface area contributed by atoms with Crippen LogP contribution in [0.15, 0.2) is 0 Å². The lowest BCUT2D eigenvalue weighted by Crippen LogP contribution is -2.43. The van der Waals surface area contributed by atoms with Crippen molar-refractivity contribution in [2.24, 2.45) is 0 Å². The van der Waals surface area contributed by atoms with E-state index < -0.39 is 0 Å². The summed E-state index contributed by atoms with van der Waals surface area (Å²) < 4.78 is 0. The second-order valence-corrected chi connectivity index (χ2v) is 4.62. The maximum absolute atomic E-state index is 3.68. The Kier molecular flexibility index (Phi) is 2.13. The normalized spacial score (nSPS) is 37.2. The molecule has 2 rings (SSSR count). The standard InChI is InChI=1S/C10H20N2/c1-9(2)12-7-5-10(8-12)4-3-6-11-10/h9,11H,3-8H2,1-2H3/t10-/m1/s1. The topological polar surface area (TPSA) is 15.3 Å². The van der Waals surface area contributed by atoms with E-state index in [-0.39, 0.29) is 0 Å². The van der Waals surface area contributed by atoms with E-state index in [2.05, 4.69) is 24.1 Å². The number of rotatable bonds is 1. The monoisotopic (exact) mass is 168 g/mol. The van der Waals surface area contributed by atoms with Gasteiger partial charge in [-0.05, 0) is 39.7 Å². The Morgan fingerprint density at radius 3 is 2.67 bits per heavy atom. The summed E-state index contributed by atoms with van der Waals surface area (Å²) in [6.45, 7) is 8.42. The van der Waals surface area contributed by atoms with Crippen LogP contribution >= 0.6 is 0 Å². The Balaban J connectivity index is 1.96. The third kappa shape index (κ3) is 1.38. The number of hydrogen-bond donors (Lipinski definition) is 1. The van der Waals surface area contributed by atoms with E-state index in [0.29, 0.717) is 5.54 Å². The molecule has 1 N–H and O–H groups in total. The second-order valence-electron chi connectivity index (χ2n) is 4.62. The molecule has 0 unspecified atom stereocenters. The minimum Gasteiger partial charge on any atom is -0.310 e. The van der Waals surface area contributed by atoms with Crippen LogP contribution in [0.2, 0.25) is 0 Å². The van der Waals surface area contributed by atoms with Gasteiger partial charge in [0.25, 0.3) is 0 Å². The summed E-state index contributed by atoms with van der Waals surface area (Å²) in [6.07, 6.45) is 4.15. The summed E-state index contributed by atoms with van der Waals surface area (Å²) in [5.74, 6) is 0. The van der Waals surface area contributed by atoms with Crippen LogP contribution in [0.3, 0.4) is 0 Å². The summed E-state index contributed by atoms with van der Waals surface area (Å²) in [4.78, 5) is 2.60. The molecule has 0 aromatic rings. The summed E-state index contributed by atoms with van der Waals surface area (Å²) in [5.41, 5.74) is 0.518. The molecule has 0 bridgehead atoms. The Labute approximate surface area is 75.3 Å². The molecule has 2 heteroatoms. The van der Waals surface area contributed by atoms with Gasteiger partial charge in [0.05, 0.1) is 0 Å². The molecule has 12 heavy (non-hydrogen) atoms. The van der Waals surface area contributed by atoms with Gasteiger partial charge in [0.1, 0.15) is 0 Å². The molecule has 2 aliphatic rings. The van der Waals surface area contributed by atoms with E-state index >= 15 is 0 Å². The van der Waals surface area contributed by atoms with E-state index in [0.717, 1.165) is 6.04 Å². The Bertz CT molecular complexity index is 159. The average molecular weight is 168 g/mol. The van der Waals surface area contributed by atoms with Gasteiger partial charge in [-0.25, -0.2) is 0 Å². The second kappa shape index (κ2) is 3.00. The van der Waals surface area contributed by atoms with Crippen molar-refractivity contribution in [1.29, 1.82) is 0 Å². The third-order valence-electron chi connectivity index (χ3n) is 3.45. The van der Waals surface area contributed by atoms with Crippen LogP contribution in [0.5, 0.6) is 0 Å². The zero-order chi connectivity index (χ0) is 8.60. The lowest BCUT2D eigenvalue weighted by molar-refractivity contribution is 0.249. The molecular weight excluding hydrogens is 148 g/mol. The van der Waals surface area contributed by atoms with Gasteiger partial charge in [-0.1, -0.05) is 0 Å².